The van der Waals surface area contributed by atoms with Crippen molar-refractivity contribution in [2.75, 3.05) is 13.7 Å². The molecule has 0 spiro atoms. The number of carbonyl (C=O) groups is 2. The second-order valence-corrected chi connectivity index (χ2v) is 7.58. The molecule has 2 atom stereocenters. The third-order valence-electron chi connectivity index (χ3n) is 3.97. The summed E-state index contributed by atoms with van der Waals surface area (Å²) in [5, 5.41) is 8.15. The molecule has 1 aromatic heterocycles. The van der Waals surface area contributed by atoms with Gasteiger partial charge in [-0.05, 0) is 35.1 Å². The van der Waals surface area contributed by atoms with Crippen LogP contribution >= 0.6 is 22.9 Å². The second-order valence-electron chi connectivity index (χ2n) is 6.19. The number of thiophene rings is 1. The van der Waals surface area contributed by atoms with E-state index in [4.69, 9.17) is 16.3 Å². The van der Waals surface area contributed by atoms with Gasteiger partial charge in [-0.15, -0.1) is 11.3 Å². The van der Waals surface area contributed by atoms with Gasteiger partial charge < -0.3 is 15.4 Å². The maximum Gasteiger partial charge on any atom is 0.262 e. The summed E-state index contributed by atoms with van der Waals surface area (Å²) in [6, 6.07) is 10.2. The van der Waals surface area contributed by atoms with E-state index in [-0.39, 0.29) is 23.8 Å². The van der Waals surface area contributed by atoms with Gasteiger partial charge in [-0.1, -0.05) is 43.6 Å². The highest BCUT2D eigenvalue weighted by Crippen LogP contribution is 2.19. The number of amides is 2. The van der Waals surface area contributed by atoms with Crippen LogP contribution in [0, 0.1) is 5.92 Å². The summed E-state index contributed by atoms with van der Waals surface area (Å²) in [6.45, 7) is 4.09. The van der Waals surface area contributed by atoms with Gasteiger partial charge in [-0.2, -0.15) is 0 Å². The van der Waals surface area contributed by atoms with E-state index in [1.807, 2.05) is 31.4 Å². The number of benzene rings is 1. The Kier molecular flexibility index (Phi) is 7.63. The van der Waals surface area contributed by atoms with Crippen molar-refractivity contribution in [1.82, 2.24) is 10.6 Å². The number of hydrogen-bond acceptors (Lipinski definition) is 4. The van der Waals surface area contributed by atoms with Gasteiger partial charge in [0, 0.05) is 18.7 Å². The summed E-state index contributed by atoms with van der Waals surface area (Å²) < 4.78 is 5.46. The molecule has 5 nitrogen and oxygen atoms in total. The number of halogens is 1. The Hall–Kier alpha value is -1.89. The Morgan fingerprint density at radius 2 is 1.88 bits per heavy atom. The molecule has 2 aromatic rings. The Labute approximate surface area is 162 Å². The third-order valence-corrected chi connectivity index (χ3v) is 5.09. The van der Waals surface area contributed by atoms with Crippen molar-refractivity contribution in [2.45, 2.75) is 26.0 Å². The highest BCUT2D eigenvalue weighted by Gasteiger charge is 2.25. The first-order valence-electron chi connectivity index (χ1n) is 8.32. The van der Waals surface area contributed by atoms with Crippen LogP contribution in [-0.4, -0.2) is 31.5 Å². The molecule has 1 heterocycles. The van der Waals surface area contributed by atoms with Crippen LogP contribution in [0.5, 0.6) is 0 Å². The van der Waals surface area contributed by atoms with E-state index in [2.05, 4.69) is 10.6 Å². The summed E-state index contributed by atoms with van der Waals surface area (Å²) in [5.41, 5.74) is 0.918. The van der Waals surface area contributed by atoms with Gasteiger partial charge in [0.15, 0.2) is 0 Å². The van der Waals surface area contributed by atoms with E-state index < -0.39 is 6.04 Å². The maximum atomic E-state index is 12.6. The van der Waals surface area contributed by atoms with Crippen LogP contribution in [0.3, 0.4) is 0 Å². The second kappa shape index (κ2) is 9.71. The van der Waals surface area contributed by atoms with Gasteiger partial charge in [0.25, 0.3) is 5.91 Å². The highest BCUT2D eigenvalue weighted by atomic mass is 35.5. The van der Waals surface area contributed by atoms with E-state index in [1.54, 1.807) is 31.4 Å². The average molecular weight is 395 g/mol. The van der Waals surface area contributed by atoms with Crippen LogP contribution in [0.1, 0.15) is 35.2 Å². The zero-order chi connectivity index (χ0) is 19.1. The minimum absolute atomic E-state index is 0.0459. The zero-order valence-corrected chi connectivity index (χ0v) is 16.6. The van der Waals surface area contributed by atoms with Gasteiger partial charge in [-0.3, -0.25) is 9.59 Å². The molecule has 0 unspecified atom stereocenters. The lowest BCUT2D eigenvalue weighted by Gasteiger charge is -2.23. The monoisotopic (exact) mass is 394 g/mol. The lowest BCUT2D eigenvalue weighted by atomic mass is 10.0. The lowest BCUT2D eigenvalue weighted by Crippen LogP contribution is -2.50. The first kappa shape index (κ1) is 20.4. The predicted octanol–water partition coefficient (Wildman–Crippen LogP) is 3.66. The van der Waals surface area contributed by atoms with Gasteiger partial charge in [0.2, 0.25) is 5.91 Å². The number of hydrogen-bond donors (Lipinski definition) is 2. The molecule has 2 N–H and O–H groups in total. The molecular formula is C19H23ClN2O3S. The van der Waals surface area contributed by atoms with Gasteiger partial charge >= 0.3 is 0 Å². The molecule has 7 heteroatoms. The molecule has 0 aliphatic heterocycles. The third kappa shape index (κ3) is 5.56. The predicted molar refractivity (Wildman–Crippen MR) is 105 cm³/mol. The van der Waals surface area contributed by atoms with E-state index in [1.165, 1.54) is 11.3 Å². The zero-order valence-electron chi connectivity index (χ0n) is 15.0. The molecule has 0 saturated carbocycles. The standard InChI is InChI=1S/C19H23ClN2O3S/c1-12(2)17(22-18(23)16-5-4-10-26-16)19(24)21-11-15(25-3)13-6-8-14(20)9-7-13/h4-10,12,15,17H,11H2,1-3H3,(H,21,24)(H,22,23)/t15-,17+/m0/s1. The minimum Gasteiger partial charge on any atom is -0.375 e. The highest BCUT2D eigenvalue weighted by molar-refractivity contribution is 7.12. The number of carbonyl (C=O) groups excluding carboxylic acids is 2. The van der Waals surface area contributed by atoms with Crippen molar-refractivity contribution in [3.8, 4) is 0 Å². The largest absolute Gasteiger partial charge is 0.375 e. The maximum absolute atomic E-state index is 12.6. The molecule has 140 valence electrons. The Morgan fingerprint density at radius 3 is 2.42 bits per heavy atom. The quantitative estimate of drug-likeness (QED) is 0.718. The van der Waals surface area contributed by atoms with E-state index in [0.29, 0.717) is 16.4 Å². The van der Waals surface area contributed by atoms with Gasteiger partial charge in [0.05, 0.1) is 11.0 Å². The number of rotatable bonds is 8. The first-order valence-corrected chi connectivity index (χ1v) is 9.58. The van der Waals surface area contributed by atoms with Crippen molar-refractivity contribution in [2.24, 2.45) is 5.92 Å². The van der Waals surface area contributed by atoms with Crippen LogP contribution in [-0.2, 0) is 9.53 Å². The molecule has 0 fully saturated rings. The van der Waals surface area contributed by atoms with Crippen LogP contribution in [0.4, 0.5) is 0 Å². The Balaban J connectivity index is 1.98. The van der Waals surface area contributed by atoms with Gasteiger partial charge in [-0.25, -0.2) is 0 Å². The Morgan fingerprint density at radius 1 is 1.19 bits per heavy atom. The summed E-state index contributed by atoms with van der Waals surface area (Å²) in [7, 11) is 1.59. The SMILES string of the molecule is CO[C@@H](CNC(=O)[C@H](NC(=O)c1cccs1)C(C)C)c1ccc(Cl)cc1. The average Bonchev–Trinajstić information content (AvgIpc) is 3.15. The van der Waals surface area contributed by atoms with Crippen molar-refractivity contribution < 1.29 is 14.3 Å². The van der Waals surface area contributed by atoms with Crippen LogP contribution in [0.15, 0.2) is 41.8 Å². The molecule has 0 aliphatic rings. The van der Waals surface area contributed by atoms with Crippen molar-refractivity contribution in [1.29, 1.82) is 0 Å². The fourth-order valence-corrected chi connectivity index (χ4v) is 3.23. The number of nitrogens with one attached hydrogen (secondary N) is 2. The molecule has 2 rings (SSSR count). The topological polar surface area (TPSA) is 67.4 Å². The molecule has 0 saturated heterocycles. The van der Waals surface area contributed by atoms with E-state index in [0.717, 1.165) is 5.56 Å². The Bertz CT molecular complexity index is 717. The molecule has 1 aromatic carbocycles. The molecule has 0 radical (unpaired) electrons. The van der Waals surface area contributed by atoms with E-state index in [9.17, 15) is 9.59 Å². The first-order chi connectivity index (χ1) is 12.4. The van der Waals surface area contributed by atoms with Crippen molar-refractivity contribution >= 4 is 34.8 Å². The number of ether oxygens (including phenoxy) is 1. The summed E-state index contributed by atoms with van der Waals surface area (Å²) in [6.07, 6.45) is -0.294. The van der Waals surface area contributed by atoms with E-state index >= 15 is 0 Å². The summed E-state index contributed by atoms with van der Waals surface area (Å²) >= 11 is 7.25. The van der Waals surface area contributed by atoms with Crippen LogP contribution in [0.2, 0.25) is 5.02 Å². The fraction of sp³-hybridized carbons (Fsp3) is 0.368. The van der Waals surface area contributed by atoms with Crippen LogP contribution < -0.4 is 10.6 Å². The number of methoxy groups -OCH3 is 1. The van der Waals surface area contributed by atoms with Crippen molar-refractivity contribution in [3.63, 3.8) is 0 Å². The summed E-state index contributed by atoms with van der Waals surface area (Å²) in [5.74, 6) is -0.522. The van der Waals surface area contributed by atoms with Gasteiger partial charge in [0.1, 0.15) is 6.04 Å². The molecule has 2 amide bonds. The molecular weight excluding hydrogens is 372 g/mol. The fourth-order valence-electron chi connectivity index (χ4n) is 2.47. The molecule has 0 bridgehead atoms. The van der Waals surface area contributed by atoms with Crippen molar-refractivity contribution in [3.05, 3.63) is 57.2 Å². The molecule has 0 aliphatic carbocycles. The summed E-state index contributed by atoms with van der Waals surface area (Å²) in [4.78, 5) is 25.4. The smallest absolute Gasteiger partial charge is 0.262 e. The lowest BCUT2D eigenvalue weighted by molar-refractivity contribution is -0.124. The normalized spacial score (nSPS) is 13.3. The minimum atomic E-state index is -0.618. The van der Waals surface area contributed by atoms with Crippen LogP contribution in [0.25, 0.3) is 0 Å². The molecule has 26 heavy (non-hydrogen) atoms.